The van der Waals surface area contributed by atoms with E-state index in [0.29, 0.717) is 18.5 Å². The van der Waals surface area contributed by atoms with Crippen LogP contribution in [-0.4, -0.2) is 28.2 Å². The lowest BCUT2D eigenvalue weighted by atomic mass is 9.96. The fourth-order valence-corrected chi connectivity index (χ4v) is 3.81. The predicted molar refractivity (Wildman–Crippen MR) is 113 cm³/mol. The van der Waals surface area contributed by atoms with Gasteiger partial charge in [-0.05, 0) is 42.5 Å². The van der Waals surface area contributed by atoms with Crippen LogP contribution in [0.2, 0.25) is 0 Å². The van der Waals surface area contributed by atoms with Gasteiger partial charge in [0.1, 0.15) is 5.75 Å². The van der Waals surface area contributed by atoms with Crippen LogP contribution in [0.5, 0.6) is 5.75 Å². The second kappa shape index (κ2) is 8.88. The van der Waals surface area contributed by atoms with Gasteiger partial charge in [-0.3, -0.25) is 4.90 Å². The molecule has 6 heteroatoms. The molecule has 0 saturated carbocycles. The molecule has 0 aliphatic carbocycles. The molecule has 0 radical (unpaired) electrons. The molecule has 28 heavy (non-hydrogen) atoms. The zero-order valence-corrected chi connectivity index (χ0v) is 18.1. The normalized spacial score (nSPS) is 13.1. The van der Waals surface area contributed by atoms with Crippen molar-refractivity contribution < 1.29 is 9.26 Å². The Hall–Kier alpha value is -2.18. The highest BCUT2D eigenvalue weighted by molar-refractivity contribution is 7.09. The summed E-state index contributed by atoms with van der Waals surface area (Å²) < 4.78 is 10.8. The number of hydrogen-bond acceptors (Lipinski definition) is 6. The zero-order chi connectivity index (χ0) is 20.1. The first-order valence-corrected chi connectivity index (χ1v) is 10.5. The standard InChI is InChI=1S/C22H29N3O2S/c1-16(13-19-7-6-12-28-19)25(14-17-8-10-18(26-5)11-9-17)15-20-23-21(24-27-20)22(2,3)4/h6-12,16H,13-15H2,1-5H3/t16-/m1/s1. The van der Waals surface area contributed by atoms with E-state index in [2.05, 4.69) is 72.4 Å². The molecule has 2 aromatic heterocycles. The molecule has 2 heterocycles. The molecule has 0 aliphatic rings. The number of rotatable bonds is 8. The largest absolute Gasteiger partial charge is 0.497 e. The third-order valence-electron chi connectivity index (χ3n) is 4.72. The van der Waals surface area contributed by atoms with Gasteiger partial charge in [-0.2, -0.15) is 4.98 Å². The number of nitrogens with zero attached hydrogens (tertiary/aromatic N) is 3. The van der Waals surface area contributed by atoms with Crippen LogP contribution in [0, 0.1) is 0 Å². The molecular weight excluding hydrogens is 370 g/mol. The molecule has 150 valence electrons. The van der Waals surface area contributed by atoms with Crippen molar-refractivity contribution in [3.63, 3.8) is 0 Å². The smallest absolute Gasteiger partial charge is 0.240 e. The highest BCUT2D eigenvalue weighted by atomic mass is 32.1. The van der Waals surface area contributed by atoms with E-state index < -0.39 is 0 Å². The monoisotopic (exact) mass is 399 g/mol. The average Bonchev–Trinajstić information content (AvgIpc) is 3.33. The molecule has 0 bridgehead atoms. The van der Waals surface area contributed by atoms with Crippen molar-refractivity contribution in [1.29, 1.82) is 0 Å². The quantitative estimate of drug-likeness (QED) is 0.529. The number of ether oxygens (including phenoxy) is 1. The molecular formula is C22H29N3O2S. The SMILES string of the molecule is COc1ccc(CN(Cc2nc(C(C)(C)C)no2)[C@H](C)Cc2cccs2)cc1. The van der Waals surface area contributed by atoms with Gasteiger partial charge in [-0.1, -0.05) is 44.1 Å². The van der Waals surface area contributed by atoms with Crippen molar-refractivity contribution in [3.05, 3.63) is 63.9 Å². The Bertz CT molecular complexity index is 851. The maximum atomic E-state index is 5.56. The Morgan fingerprint density at radius 1 is 1.14 bits per heavy atom. The third-order valence-corrected chi connectivity index (χ3v) is 5.62. The summed E-state index contributed by atoms with van der Waals surface area (Å²) in [5, 5.41) is 6.31. The Morgan fingerprint density at radius 2 is 1.89 bits per heavy atom. The van der Waals surface area contributed by atoms with E-state index in [1.54, 1.807) is 18.4 Å². The fraction of sp³-hybridized carbons (Fsp3) is 0.455. The number of aromatic nitrogens is 2. The molecule has 1 atom stereocenters. The lowest BCUT2D eigenvalue weighted by Gasteiger charge is -2.27. The summed E-state index contributed by atoms with van der Waals surface area (Å²) in [6.45, 7) is 9.97. The van der Waals surface area contributed by atoms with Gasteiger partial charge >= 0.3 is 0 Å². The maximum Gasteiger partial charge on any atom is 0.240 e. The van der Waals surface area contributed by atoms with Crippen molar-refractivity contribution in [1.82, 2.24) is 15.0 Å². The molecule has 5 nitrogen and oxygen atoms in total. The topological polar surface area (TPSA) is 51.4 Å². The van der Waals surface area contributed by atoms with Gasteiger partial charge < -0.3 is 9.26 Å². The highest BCUT2D eigenvalue weighted by Crippen LogP contribution is 2.22. The van der Waals surface area contributed by atoms with E-state index >= 15 is 0 Å². The van der Waals surface area contributed by atoms with Crippen LogP contribution in [0.4, 0.5) is 0 Å². The summed E-state index contributed by atoms with van der Waals surface area (Å²) >= 11 is 1.80. The second-order valence-corrected chi connectivity index (χ2v) is 9.18. The third kappa shape index (κ3) is 5.42. The molecule has 3 rings (SSSR count). The van der Waals surface area contributed by atoms with Crippen LogP contribution in [0.25, 0.3) is 0 Å². The summed E-state index contributed by atoms with van der Waals surface area (Å²) in [6, 6.07) is 12.9. The van der Waals surface area contributed by atoms with Crippen LogP contribution >= 0.6 is 11.3 Å². The minimum absolute atomic E-state index is 0.120. The lowest BCUT2D eigenvalue weighted by Crippen LogP contribution is -2.33. The van der Waals surface area contributed by atoms with Crippen molar-refractivity contribution in [2.24, 2.45) is 0 Å². The van der Waals surface area contributed by atoms with Gasteiger partial charge in [0, 0.05) is 22.9 Å². The van der Waals surface area contributed by atoms with Gasteiger partial charge in [0.05, 0.1) is 13.7 Å². The molecule has 0 amide bonds. The van der Waals surface area contributed by atoms with Crippen LogP contribution < -0.4 is 4.74 Å². The Morgan fingerprint density at radius 3 is 2.46 bits per heavy atom. The first-order valence-electron chi connectivity index (χ1n) is 9.57. The first-order chi connectivity index (χ1) is 13.3. The molecule has 0 N–H and O–H groups in total. The van der Waals surface area contributed by atoms with Crippen molar-refractivity contribution >= 4 is 11.3 Å². The van der Waals surface area contributed by atoms with E-state index in [9.17, 15) is 0 Å². The number of benzene rings is 1. The van der Waals surface area contributed by atoms with E-state index in [-0.39, 0.29) is 5.41 Å². The summed E-state index contributed by atoms with van der Waals surface area (Å²) in [5.41, 5.74) is 1.11. The number of thiophene rings is 1. The highest BCUT2D eigenvalue weighted by Gasteiger charge is 2.23. The Balaban J connectivity index is 1.77. The van der Waals surface area contributed by atoms with Crippen LogP contribution in [0.3, 0.4) is 0 Å². The van der Waals surface area contributed by atoms with Gasteiger partial charge in [-0.15, -0.1) is 11.3 Å². The maximum absolute atomic E-state index is 5.56. The molecule has 0 spiro atoms. The lowest BCUT2D eigenvalue weighted by molar-refractivity contribution is 0.165. The number of hydrogen-bond donors (Lipinski definition) is 0. The van der Waals surface area contributed by atoms with E-state index in [0.717, 1.165) is 24.5 Å². The van der Waals surface area contributed by atoms with E-state index in [1.807, 2.05) is 12.1 Å². The number of methoxy groups -OCH3 is 1. The Labute approximate surface area is 171 Å². The zero-order valence-electron chi connectivity index (χ0n) is 17.3. The summed E-state index contributed by atoms with van der Waals surface area (Å²) in [7, 11) is 1.69. The van der Waals surface area contributed by atoms with E-state index in [1.165, 1.54) is 10.4 Å². The average molecular weight is 400 g/mol. The minimum Gasteiger partial charge on any atom is -0.497 e. The van der Waals surface area contributed by atoms with Crippen LogP contribution in [-0.2, 0) is 24.9 Å². The minimum atomic E-state index is -0.120. The molecule has 1 aromatic carbocycles. The Kier molecular flexibility index (Phi) is 6.52. The molecule has 3 aromatic rings. The summed E-state index contributed by atoms with van der Waals surface area (Å²) in [5.74, 6) is 2.28. The fourth-order valence-electron chi connectivity index (χ4n) is 2.98. The van der Waals surface area contributed by atoms with Gasteiger partial charge in [-0.25, -0.2) is 0 Å². The summed E-state index contributed by atoms with van der Waals surface area (Å²) in [6.07, 6.45) is 0.994. The molecule has 0 aliphatic heterocycles. The molecule has 0 unspecified atom stereocenters. The van der Waals surface area contributed by atoms with Gasteiger partial charge in [0.25, 0.3) is 0 Å². The molecule has 0 saturated heterocycles. The van der Waals surface area contributed by atoms with Crippen molar-refractivity contribution in [2.45, 2.75) is 58.7 Å². The van der Waals surface area contributed by atoms with Gasteiger partial charge in [0.2, 0.25) is 5.89 Å². The van der Waals surface area contributed by atoms with Gasteiger partial charge in [0.15, 0.2) is 5.82 Å². The second-order valence-electron chi connectivity index (χ2n) is 8.15. The van der Waals surface area contributed by atoms with Crippen molar-refractivity contribution in [2.75, 3.05) is 7.11 Å². The summed E-state index contributed by atoms with van der Waals surface area (Å²) in [4.78, 5) is 8.41. The predicted octanol–water partition coefficient (Wildman–Crippen LogP) is 5.07. The van der Waals surface area contributed by atoms with Crippen molar-refractivity contribution in [3.8, 4) is 5.75 Å². The van der Waals surface area contributed by atoms with Crippen LogP contribution in [0.15, 0.2) is 46.3 Å². The molecule has 0 fully saturated rings. The van der Waals surface area contributed by atoms with E-state index in [4.69, 9.17) is 9.26 Å². The van der Waals surface area contributed by atoms with Crippen LogP contribution in [0.1, 0.15) is 49.9 Å². The first kappa shape index (κ1) is 20.6.